The first-order chi connectivity index (χ1) is 25.0. The standard InChI is InChI=1S/C23H19ClN2S.C21H19ClN2S/c1-15-5-3-4-6-19(15)23(27)20-9-7-18(14-21(20)24)25-17-8-10-22-16(13-17)11-12-26(22)2;1-13-4-5-14(2)18(10-13)21(25)17-7-6-16(11-19(17)22)24-20-12-23-9-8-15(20)3/h3-14,25H,1-2H3;4-12,24H,1-3H3. The summed E-state index contributed by atoms with van der Waals surface area (Å²) in [5, 5.41) is 9.26. The Bertz CT molecular complexity index is 2450. The number of aryl methyl sites for hydroxylation is 5. The second-order valence-corrected chi connectivity index (χ2v) is 14.5. The highest BCUT2D eigenvalue weighted by Crippen LogP contribution is 2.30. The number of anilines is 4. The largest absolute Gasteiger partial charge is 0.355 e. The summed E-state index contributed by atoms with van der Waals surface area (Å²) in [6.45, 7) is 8.23. The zero-order chi connectivity index (χ0) is 36.9. The van der Waals surface area contributed by atoms with Gasteiger partial charge in [0.2, 0.25) is 0 Å². The molecule has 7 rings (SSSR count). The molecule has 0 fully saturated rings. The van der Waals surface area contributed by atoms with Gasteiger partial charge in [0.1, 0.15) is 0 Å². The van der Waals surface area contributed by atoms with Gasteiger partial charge in [0.25, 0.3) is 0 Å². The molecule has 0 saturated heterocycles. The third kappa shape index (κ3) is 8.43. The number of rotatable bonds is 8. The van der Waals surface area contributed by atoms with Crippen LogP contribution in [0.4, 0.5) is 22.7 Å². The molecule has 2 N–H and O–H groups in total. The van der Waals surface area contributed by atoms with Gasteiger partial charge in [0.05, 0.1) is 31.7 Å². The van der Waals surface area contributed by atoms with E-state index >= 15 is 0 Å². The van der Waals surface area contributed by atoms with Crippen LogP contribution in [0.1, 0.15) is 44.5 Å². The number of hydrogen-bond acceptors (Lipinski definition) is 5. The molecule has 52 heavy (non-hydrogen) atoms. The average Bonchev–Trinajstić information content (AvgIpc) is 3.50. The maximum Gasteiger partial charge on any atom is 0.0600 e. The molecule has 0 bridgehead atoms. The summed E-state index contributed by atoms with van der Waals surface area (Å²) in [6.07, 6.45) is 5.64. The zero-order valence-electron chi connectivity index (χ0n) is 29.6. The van der Waals surface area contributed by atoms with Crippen LogP contribution in [-0.4, -0.2) is 19.3 Å². The van der Waals surface area contributed by atoms with Crippen LogP contribution in [0, 0.1) is 27.7 Å². The van der Waals surface area contributed by atoms with Crippen LogP contribution in [0.3, 0.4) is 0 Å². The maximum absolute atomic E-state index is 6.56. The first-order valence-electron chi connectivity index (χ1n) is 16.8. The molecule has 0 aliphatic carbocycles. The van der Waals surface area contributed by atoms with E-state index in [0.717, 1.165) is 71.4 Å². The molecule has 0 amide bonds. The number of hydrogen-bond donors (Lipinski definition) is 2. The van der Waals surface area contributed by atoms with E-state index in [0.29, 0.717) is 10.0 Å². The lowest BCUT2D eigenvalue weighted by Crippen LogP contribution is -2.04. The van der Waals surface area contributed by atoms with Crippen molar-refractivity contribution >= 4 is 91.0 Å². The van der Waals surface area contributed by atoms with Crippen molar-refractivity contribution < 1.29 is 0 Å². The Hall–Kier alpha value is -4.85. The third-order valence-corrected chi connectivity index (χ3v) is 10.5. The number of pyridine rings is 1. The molecule has 0 atom stereocenters. The highest BCUT2D eigenvalue weighted by molar-refractivity contribution is 7.81. The van der Waals surface area contributed by atoms with Gasteiger partial charge in [0.15, 0.2) is 0 Å². The Morgan fingerprint density at radius 2 is 1.21 bits per heavy atom. The summed E-state index contributed by atoms with van der Waals surface area (Å²) in [4.78, 5) is 5.70. The fourth-order valence-corrected chi connectivity index (χ4v) is 7.40. The molecule has 4 nitrogen and oxygen atoms in total. The van der Waals surface area contributed by atoms with Crippen molar-refractivity contribution in [3.63, 3.8) is 0 Å². The van der Waals surface area contributed by atoms with E-state index in [1.54, 1.807) is 12.4 Å². The Kier molecular flexibility index (Phi) is 11.5. The molecular formula is C44H38Cl2N4S2. The molecule has 5 aromatic carbocycles. The molecule has 0 spiro atoms. The monoisotopic (exact) mass is 756 g/mol. The van der Waals surface area contributed by atoms with Crippen molar-refractivity contribution in [2.24, 2.45) is 7.05 Å². The van der Waals surface area contributed by atoms with E-state index in [-0.39, 0.29) is 0 Å². The second kappa shape index (κ2) is 16.2. The summed E-state index contributed by atoms with van der Waals surface area (Å²) in [6, 6.07) is 36.6. The number of fused-ring (bicyclic) bond motifs is 1. The van der Waals surface area contributed by atoms with Gasteiger partial charge in [0, 0.05) is 58.5 Å². The predicted octanol–water partition coefficient (Wildman–Crippen LogP) is 12.8. The molecule has 8 heteroatoms. The molecular weight excluding hydrogens is 720 g/mol. The first-order valence-corrected chi connectivity index (χ1v) is 18.4. The molecule has 0 saturated carbocycles. The predicted molar refractivity (Wildman–Crippen MR) is 230 cm³/mol. The summed E-state index contributed by atoms with van der Waals surface area (Å²) in [7, 11) is 2.05. The van der Waals surface area contributed by atoms with Crippen molar-refractivity contribution in [1.29, 1.82) is 0 Å². The van der Waals surface area contributed by atoms with E-state index < -0.39 is 0 Å². The number of benzene rings is 5. The van der Waals surface area contributed by atoms with Crippen molar-refractivity contribution in [3.8, 4) is 0 Å². The van der Waals surface area contributed by atoms with Crippen LogP contribution in [0.25, 0.3) is 10.9 Å². The van der Waals surface area contributed by atoms with Gasteiger partial charge < -0.3 is 15.2 Å². The molecule has 0 radical (unpaired) electrons. The third-order valence-electron chi connectivity index (χ3n) is 8.95. The topological polar surface area (TPSA) is 41.9 Å². The maximum atomic E-state index is 6.56. The van der Waals surface area contributed by atoms with Gasteiger partial charge in [-0.3, -0.25) is 4.98 Å². The van der Waals surface area contributed by atoms with Crippen molar-refractivity contribution in [3.05, 3.63) is 182 Å². The quantitative estimate of drug-likeness (QED) is 0.119. The normalized spacial score (nSPS) is 10.8. The number of nitrogens with one attached hydrogen (secondary N) is 2. The van der Waals surface area contributed by atoms with Crippen LogP contribution >= 0.6 is 47.6 Å². The summed E-state index contributed by atoms with van der Waals surface area (Å²) in [5.74, 6) is 0. The van der Waals surface area contributed by atoms with Gasteiger partial charge in [-0.1, -0.05) is 95.7 Å². The van der Waals surface area contributed by atoms with E-state index in [1.165, 1.54) is 16.5 Å². The minimum absolute atomic E-state index is 0.637. The minimum Gasteiger partial charge on any atom is -0.355 e. The minimum atomic E-state index is 0.637. The molecule has 0 aliphatic heterocycles. The highest BCUT2D eigenvalue weighted by atomic mass is 35.5. The smallest absolute Gasteiger partial charge is 0.0600 e. The molecule has 260 valence electrons. The molecule has 2 heterocycles. The van der Waals surface area contributed by atoms with Gasteiger partial charge in [-0.05, 0) is 122 Å². The van der Waals surface area contributed by atoms with E-state index in [2.05, 4.69) is 95.7 Å². The SMILES string of the molecule is Cc1ccc(C)c(C(=S)c2ccc(Nc3cnccc3C)cc2Cl)c1.Cc1ccccc1C(=S)c1ccc(Nc2ccc3c(ccn3C)c2)cc1Cl. The van der Waals surface area contributed by atoms with Crippen LogP contribution in [0.5, 0.6) is 0 Å². The van der Waals surface area contributed by atoms with Crippen LogP contribution in [-0.2, 0) is 7.05 Å². The van der Waals surface area contributed by atoms with Gasteiger partial charge in [-0.15, -0.1) is 0 Å². The average molecular weight is 758 g/mol. The zero-order valence-corrected chi connectivity index (χ0v) is 32.7. The molecule has 0 aliphatic rings. The number of aromatic nitrogens is 2. The Labute approximate surface area is 326 Å². The summed E-state index contributed by atoms with van der Waals surface area (Å²) < 4.78 is 2.11. The van der Waals surface area contributed by atoms with Crippen molar-refractivity contribution in [2.45, 2.75) is 27.7 Å². The lowest BCUT2D eigenvalue weighted by atomic mass is 9.98. The number of thiocarbonyl (C=S) groups is 2. The fraction of sp³-hybridized carbons (Fsp3) is 0.114. The van der Waals surface area contributed by atoms with Gasteiger partial charge >= 0.3 is 0 Å². The Balaban J connectivity index is 0.000000179. The van der Waals surface area contributed by atoms with Crippen molar-refractivity contribution in [2.75, 3.05) is 10.6 Å². The van der Waals surface area contributed by atoms with Crippen molar-refractivity contribution in [1.82, 2.24) is 9.55 Å². The lowest BCUT2D eigenvalue weighted by molar-refractivity contribution is 0.969. The second-order valence-electron chi connectivity index (χ2n) is 12.8. The molecule has 0 unspecified atom stereocenters. The summed E-state index contributed by atoms with van der Waals surface area (Å²) >= 11 is 24.5. The van der Waals surface area contributed by atoms with Crippen LogP contribution in [0.2, 0.25) is 10.0 Å². The summed E-state index contributed by atoms with van der Waals surface area (Å²) in [5.41, 5.74) is 13.5. The molecule has 7 aromatic rings. The first kappa shape index (κ1) is 36.9. The fourth-order valence-electron chi connectivity index (χ4n) is 5.93. The Morgan fingerprint density at radius 1 is 0.596 bits per heavy atom. The number of nitrogens with zero attached hydrogens (tertiary/aromatic N) is 2. The van der Waals surface area contributed by atoms with Gasteiger partial charge in [-0.2, -0.15) is 0 Å². The number of halogens is 2. The lowest BCUT2D eigenvalue weighted by Gasteiger charge is -2.13. The van der Waals surface area contributed by atoms with E-state index in [9.17, 15) is 0 Å². The van der Waals surface area contributed by atoms with E-state index in [4.69, 9.17) is 47.6 Å². The van der Waals surface area contributed by atoms with E-state index in [1.807, 2.05) is 74.6 Å². The Morgan fingerprint density at radius 3 is 1.88 bits per heavy atom. The van der Waals surface area contributed by atoms with Gasteiger partial charge in [-0.25, -0.2) is 0 Å². The van der Waals surface area contributed by atoms with Crippen LogP contribution < -0.4 is 10.6 Å². The highest BCUT2D eigenvalue weighted by Gasteiger charge is 2.14. The molecule has 2 aromatic heterocycles. The van der Waals surface area contributed by atoms with Crippen LogP contribution in [0.15, 0.2) is 128 Å².